The fourth-order valence-electron chi connectivity index (χ4n) is 8.77. The van der Waals surface area contributed by atoms with E-state index in [9.17, 15) is 0 Å². The van der Waals surface area contributed by atoms with Crippen LogP contribution in [0.4, 0.5) is 17.1 Å². The monoisotopic (exact) mass is 665 g/mol. The maximum Gasteiger partial charge on any atom is 0.159 e. The first-order chi connectivity index (χ1) is 25.8. The van der Waals surface area contributed by atoms with Crippen LogP contribution in [0, 0.1) is 0 Å². The second-order valence-electron chi connectivity index (χ2n) is 13.6. The third kappa shape index (κ3) is 4.02. The molecular weight excluding hydrogens is 635 g/mol. The largest absolute Gasteiger partial charge is 0.456 e. The Morgan fingerprint density at radius 1 is 0.365 bits per heavy atom. The molecule has 0 saturated heterocycles. The fourth-order valence-corrected chi connectivity index (χ4v) is 8.77. The molecule has 10 aromatic rings. The molecule has 244 valence electrons. The van der Waals surface area contributed by atoms with Crippen molar-refractivity contribution in [3.63, 3.8) is 0 Å². The van der Waals surface area contributed by atoms with Gasteiger partial charge in [-0.2, -0.15) is 0 Å². The molecule has 2 heterocycles. The van der Waals surface area contributed by atoms with E-state index in [1.807, 2.05) is 24.3 Å². The highest BCUT2D eigenvalue weighted by atomic mass is 16.3. The molecule has 0 saturated carbocycles. The molecule has 0 spiro atoms. The summed E-state index contributed by atoms with van der Waals surface area (Å²) in [4.78, 5) is 2.32. The maximum atomic E-state index is 6.68. The van der Waals surface area contributed by atoms with E-state index in [1.54, 1.807) is 0 Å². The van der Waals surface area contributed by atoms with E-state index < -0.39 is 5.41 Å². The number of para-hydroxylation sites is 3. The summed E-state index contributed by atoms with van der Waals surface area (Å²) in [5, 5.41) is 4.40. The molecule has 1 aliphatic rings. The lowest BCUT2D eigenvalue weighted by molar-refractivity contribution is 0.667. The fraction of sp³-hybridized carbons (Fsp3) is 0.0204. The molecule has 0 fully saturated rings. The van der Waals surface area contributed by atoms with Crippen LogP contribution < -0.4 is 4.90 Å². The number of fused-ring (bicyclic) bond motifs is 9. The van der Waals surface area contributed by atoms with Crippen molar-refractivity contribution < 1.29 is 8.83 Å². The zero-order chi connectivity index (χ0) is 34.2. The van der Waals surface area contributed by atoms with Crippen LogP contribution in [0.3, 0.4) is 0 Å². The van der Waals surface area contributed by atoms with Crippen molar-refractivity contribution in [1.82, 2.24) is 0 Å². The minimum atomic E-state index is -0.469. The van der Waals surface area contributed by atoms with Gasteiger partial charge in [0.15, 0.2) is 5.58 Å². The van der Waals surface area contributed by atoms with Gasteiger partial charge in [0.05, 0.1) is 16.8 Å². The lowest BCUT2D eigenvalue weighted by Gasteiger charge is -2.34. The molecule has 8 aromatic carbocycles. The van der Waals surface area contributed by atoms with Crippen LogP contribution >= 0.6 is 0 Å². The van der Waals surface area contributed by atoms with Crippen molar-refractivity contribution in [2.75, 3.05) is 4.90 Å². The van der Waals surface area contributed by atoms with Crippen LogP contribution in [0.1, 0.15) is 22.3 Å². The Morgan fingerprint density at radius 2 is 0.923 bits per heavy atom. The lowest BCUT2D eigenvalue weighted by Crippen LogP contribution is -2.28. The molecule has 0 amide bonds. The molecule has 2 aromatic heterocycles. The van der Waals surface area contributed by atoms with Crippen molar-refractivity contribution in [3.05, 3.63) is 210 Å². The van der Waals surface area contributed by atoms with Gasteiger partial charge in [-0.15, -0.1) is 0 Å². The molecule has 1 aliphatic carbocycles. The molecule has 0 aliphatic heterocycles. The van der Waals surface area contributed by atoms with E-state index in [1.165, 1.54) is 33.4 Å². The van der Waals surface area contributed by atoms with Crippen molar-refractivity contribution in [1.29, 1.82) is 0 Å². The quantitative estimate of drug-likeness (QED) is 0.183. The molecule has 0 atom stereocenters. The highest BCUT2D eigenvalue weighted by Crippen LogP contribution is 2.57. The van der Waals surface area contributed by atoms with E-state index in [0.29, 0.717) is 0 Å². The number of anilines is 3. The molecule has 0 radical (unpaired) electrons. The van der Waals surface area contributed by atoms with Gasteiger partial charge in [0.2, 0.25) is 0 Å². The van der Waals surface area contributed by atoms with E-state index in [0.717, 1.165) is 60.9 Å². The minimum Gasteiger partial charge on any atom is -0.456 e. The van der Waals surface area contributed by atoms with Crippen LogP contribution in [-0.4, -0.2) is 0 Å². The summed E-state index contributed by atoms with van der Waals surface area (Å²) in [6.45, 7) is 0. The maximum absolute atomic E-state index is 6.68. The van der Waals surface area contributed by atoms with Gasteiger partial charge >= 0.3 is 0 Å². The molecule has 0 unspecified atom stereocenters. The summed E-state index contributed by atoms with van der Waals surface area (Å²) in [5.41, 5.74) is 13.5. The third-order valence-electron chi connectivity index (χ3n) is 10.9. The van der Waals surface area contributed by atoms with E-state index in [-0.39, 0.29) is 0 Å². The lowest BCUT2D eigenvalue weighted by atomic mass is 9.68. The predicted octanol–water partition coefficient (Wildman–Crippen LogP) is 13.3. The molecule has 0 bridgehead atoms. The van der Waals surface area contributed by atoms with Crippen molar-refractivity contribution in [2.24, 2.45) is 0 Å². The average molecular weight is 666 g/mol. The van der Waals surface area contributed by atoms with Crippen molar-refractivity contribution in [3.8, 4) is 11.1 Å². The zero-order valence-electron chi connectivity index (χ0n) is 28.2. The standard InChI is InChI=1S/C49H31NO2/c1-3-14-32(15-4-1)49(33-16-5-2-6-17-33)42-22-10-7-18-36(42)41-30-34(27-29-43(41)49)50(35-26-28-39-37-19-8-11-24-45(37)51-47(39)31-35)44-23-13-21-40-38-20-9-12-25-46(38)52-48(40)44/h1-31H. The summed E-state index contributed by atoms with van der Waals surface area (Å²) >= 11 is 0. The third-order valence-corrected chi connectivity index (χ3v) is 10.9. The Kier molecular flexibility index (Phi) is 6.17. The van der Waals surface area contributed by atoms with Gasteiger partial charge in [-0.1, -0.05) is 140 Å². The Hall–Kier alpha value is -6.84. The van der Waals surface area contributed by atoms with Crippen LogP contribution in [0.5, 0.6) is 0 Å². The molecule has 3 nitrogen and oxygen atoms in total. The van der Waals surface area contributed by atoms with E-state index in [2.05, 4.69) is 169 Å². The van der Waals surface area contributed by atoms with Gasteiger partial charge in [0.1, 0.15) is 16.7 Å². The number of nitrogens with zero attached hydrogens (tertiary/aromatic N) is 1. The van der Waals surface area contributed by atoms with Gasteiger partial charge in [-0.25, -0.2) is 0 Å². The first-order valence-corrected chi connectivity index (χ1v) is 17.8. The highest BCUT2D eigenvalue weighted by molar-refractivity contribution is 6.11. The molecule has 52 heavy (non-hydrogen) atoms. The van der Waals surface area contributed by atoms with Gasteiger partial charge in [-0.05, 0) is 75.8 Å². The number of benzene rings is 8. The molecular formula is C49H31NO2. The minimum absolute atomic E-state index is 0.469. The van der Waals surface area contributed by atoms with Gasteiger partial charge in [-0.3, -0.25) is 0 Å². The van der Waals surface area contributed by atoms with Gasteiger partial charge < -0.3 is 13.7 Å². The smallest absolute Gasteiger partial charge is 0.159 e. The second kappa shape index (κ2) is 11.1. The normalized spacial score (nSPS) is 13.2. The van der Waals surface area contributed by atoms with Gasteiger partial charge in [0, 0.05) is 33.3 Å². The van der Waals surface area contributed by atoms with E-state index in [4.69, 9.17) is 8.83 Å². The van der Waals surface area contributed by atoms with Gasteiger partial charge in [0.25, 0.3) is 0 Å². The molecule has 0 N–H and O–H groups in total. The summed E-state index contributed by atoms with van der Waals surface area (Å²) in [6.07, 6.45) is 0. The Balaban J connectivity index is 1.20. The van der Waals surface area contributed by atoms with Crippen molar-refractivity contribution >= 4 is 60.9 Å². The summed E-state index contributed by atoms with van der Waals surface area (Å²) in [7, 11) is 0. The topological polar surface area (TPSA) is 29.5 Å². The predicted molar refractivity (Wildman–Crippen MR) is 213 cm³/mol. The molecule has 3 heteroatoms. The number of rotatable bonds is 5. The SMILES string of the molecule is c1ccc(C2(c3ccccc3)c3ccccc3-c3cc(N(c4ccc5c(c4)oc4ccccc45)c4cccc5c4oc4ccccc45)ccc32)cc1. The Morgan fingerprint density at radius 3 is 1.69 bits per heavy atom. The Labute approximate surface area is 300 Å². The number of hydrogen-bond donors (Lipinski definition) is 0. The summed E-state index contributed by atoms with van der Waals surface area (Å²) in [6, 6.07) is 67.3. The van der Waals surface area contributed by atoms with Crippen molar-refractivity contribution in [2.45, 2.75) is 5.41 Å². The first kappa shape index (κ1) is 28.9. The first-order valence-electron chi connectivity index (χ1n) is 17.8. The highest BCUT2D eigenvalue weighted by Gasteiger charge is 2.46. The zero-order valence-corrected chi connectivity index (χ0v) is 28.2. The van der Waals surface area contributed by atoms with Crippen LogP contribution in [0.15, 0.2) is 197 Å². The summed E-state index contributed by atoms with van der Waals surface area (Å²) in [5.74, 6) is 0. The number of furan rings is 2. The molecule has 11 rings (SSSR count). The average Bonchev–Trinajstić information content (AvgIpc) is 3.87. The Bertz CT molecular complexity index is 2930. The number of hydrogen-bond acceptors (Lipinski definition) is 3. The van der Waals surface area contributed by atoms with Crippen LogP contribution in [-0.2, 0) is 5.41 Å². The van der Waals surface area contributed by atoms with Crippen LogP contribution in [0.25, 0.3) is 55.0 Å². The van der Waals surface area contributed by atoms with Crippen LogP contribution in [0.2, 0.25) is 0 Å². The second-order valence-corrected chi connectivity index (χ2v) is 13.6. The van der Waals surface area contributed by atoms with E-state index >= 15 is 0 Å². The summed E-state index contributed by atoms with van der Waals surface area (Å²) < 4.78 is 13.1.